The van der Waals surface area contributed by atoms with Crippen molar-refractivity contribution in [2.75, 3.05) is 7.11 Å². The van der Waals surface area contributed by atoms with Crippen molar-refractivity contribution in [3.8, 4) is 5.75 Å². The Morgan fingerprint density at radius 2 is 1.80 bits per heavy atom. The van der Waals surface area contributed by atoms with Gasteiger partial charge in [-0.3, -0.25) is 4.79 Å². The van der Waals surface area contributed by atoms with Crippen LogP contribution in [0.5, 0.6) is 5.75 Å². The molecule has 2 aromatic carbocycles. The third kappa shape index (κ3) is 2.59. The number of rotatable bonds is 4. The van der Waals surface area contributed by atoms with Crippen LogP contribution in [0, 0.1) is 5.21 Å². The summed E-state index contributed by atoms with van der Waals surface area (Å²) in [5.74, 6) is 0.128. The first kappa shape index (κ1) is 17.1. The van der Waals surface area contributed by atoms with Crippen LogP contribution in [0.15, 0.2) is 54.6 Å². The van der Waals surface area contributed by atoms with Crippen molar-refractivity contribution in [1.29, 1.82) is 0 Å². The van der Waals surface area contributed by atoms with Gasteiger partial charge in [-0.05, 0) is 43.3 Å². The van der Waals surface area contributed by atoms with Crippen LogP contribution in [-0.2, 0) is 0 Å². The lowest BCUT2D eigenvalue weighted by Gasteiger charge is -2.27. The number of ether oxygens (including phenoxy) is 1. The fraction of sp³-hybridized carbons (Fsp3) is 0.263. The summed E-state index contributed by atoms with van der Waals surface area (Å²) in [6.07, 6.45) is 0. The van der Waals surface area contributed by atoms with Gasteiger partial charge in [0.1, 0.15) is 11.8 Å². The highest BCUT2D eigenvalue weighted by molar-refractivity contribution is 6.07. The number of hydroxylamine groups is 3. The summed E-state index contributed by atoms with van der Waals surface area (Å²) in [7, 11) is 1.53. The monoisotopic (exact) mass is 340 g/mol. The molecule has 0 bridgehead atoms. The fourth-order valence-corrected chi connectivity index (χ4v) is 3.17. The van der Waals surface area contributed by atoms with E-state index >= 15 is 0 Å². The Morgan fingerprint density at radius 3 is 2.36 bits per heavy atom. The van der Waals surface area contributed by atoms with Gasteiger partial charge in [-0.1, -0.05) is 18.2 Å². The number of carbonyl (C=O) groups excluding carboxylic acids is 1. The molecule has 1 N–H and O–H groups in total. The Balaban J connectivity index is 2.06. The van der Waals surface area contributed by atoms with Crippen molar-refractivity contribution in [3.63, 3.8) is 0 Å². The number of hydrogen-bond donors (Lipinski definition) is 1. The van der Waals surface area contributed by atoms with E-state index < -0.39 is 17.5 Å². The van der Waals surface area contributed by atoms with E-state index in [2.05, 4.69) is 0 Å². The zero-order valence-corrected chi connectivity index (χ0v) is 14.3. The average molecular weight is 340 g/mol. The van der Waals surface area contributed by atoms with Crippen molar-refractivity contribution in [3.05, 3.63) is 70.9 Å². The summed E-state index contributed by atoms with van der Waals surface area (Å²) >= 11 is 0. The summed E-state index contributed by atoms with van der Waals surface area (Å²) in [5, 5.41) is 24.4. The van der Waals surface area contributed by atoms with Gasteiger partial charge in [-0.2, -0.15) is 4.74 Å². The predicted octanol–water partition coefficient (Wildman–Crippen LogP) is 2.69. The molecule has 2 aromatic rings. The zero-order valence-electron chi connectivity index (χ0n) is 14.3. The highest BCUT2D eigenvalue weighted by Gasteiger charge is 2.58. The molecule has 3 rings (SSSR count). The van der Waals surface area contributed by atoms with Gasteiger partial charge in [-0.25, -0.2) is 0 Å². The summed E-state index contributed by atoms with van der Waals surface area (Å²) in [4.78, 5) is 13.0. The van der Waals surface area contributed by atoms with E-state index in [9.17, 15) is 15.2 Å². The number of ketones is 1. The Labute approximate surface area is 146 Å². The van der Waals surface area contributed by atoms with Crippen molar-refractivity contribution in [1.82, 2.24) is 5.06 Å². The van der Waals surface area contributed by atoms with E-state index in [4.69, 9.17) is 4.74 Å². The van der Waals surface area contributed by atoms with Crippen molar-refractivity contribution >= 4 is 11.5 Å². The Kier molecular flexibility index (Phi) is 4.32. The molecule has 0 amide bonds. The van der Waals surface area contributed by atoms with Gasteiger partial charge in [0.25, 0.3) is 5.78 Å². The molecule has 0 radical (unpaired) electrons. The van der Waals surface area contributed by atoms with Gasteiger partial charge < -0.3 is 15.2 Å². The predicted molar refractivity (Wildman–Crippen MR) is 93.0 cm³/mol. The Morgan fingerprint density at radius 1 is 1.20 bits per heavy atom. The highest BCUT2D eigenvalue weighted by atomic mass is 16.6. The SMILES string of the molecule is COc1ccc(C(=O)[C@@]2(C)N(O)[C@@H](C)C(c3ccccc3)=[N+]2[O-])cc1. The van der Waals surface area contributed by atoms with Crippen LogP contribution in [-0.4, -0.2) is 45.3 Å². The van der Waals surface area contributed by atoms with Crippen LogP contribution in [0.25, 0.3) is 0 Å². The van der Waals surface area contributed by atoms with E-state index in [1.807, 2.05) is 18.2 Å². The molecule has 0 unspecified atom stereocenters. The quantitative estimate of drug-likeness (QED) is 0.526. The molecule has 1 aliphatic heterocycles. The molecular formula is C19H20N2O4. The summed E-state index contributed by atoms with van der Waals surface area (Å²) < 4.78 is 5.70. The molecule has 6 heteroatoms. The molecule has 1 heterocycles. The van der Waals surface area contributed by atoms with Crippen LogP contribution < -0.4 is 4.74 Å². The topological polar surface area (TPSA) is 75.8 Å². The zero-order chi connectivity index (χ0) is 18.2. The third-order valence-corrected chi connectivity index (χ3v) is 4.67. The highest BCUT2D eigenvalue weighted by Crippen LogP contribution is 2.31. The number of hydrogen-bond acceptors (Lipinski definition) is 5. The minimum atomic E-state index is -1.74. The average Bonchev–Trinajstić information content (AvgIpc) is 2.83. The van der Waals surface area contributed by atoms with Crippen LogP contribution in [0.1, 0.15) is 29.8 Å². The standard InChI is InChI=1S/C19H20N2O4/c1-13-17(14-7-5-4-6-8-14)21(24)19(2,20(13)23)18(22)15-9-11-16(25-3)12-10-15/h4-13,23H,1-3H3/t13-,19-/m0/s1. The Hall–Kier alpha value is -2.70. The Bertz CT molecular complexity index is 817. The molecule has 0 aromatic heterocycles. The number of benzene rings is 2. The molecule has 0 saturated heterocycles. The van der Waals surface area contributed by atoms with Crippen LogP contribution in [0.2, 0.25) is 0 Å². The second kappa shape index (κ2) is 6.31. The van der Waals surface area contributed by atoms with E-state index in [1.165, 1.54) is 14.0 Å². The second-order valence-corrected chi connectivity index (χ2v) is 6.14. The third-order valence-electron chi connectivity index (χ3n) is 4.67. The minimum absolute atomic E-state index is 0.324. The van der Waals surface area contributed by atoms with Crippen LogP contribution in [0.4, 0.5) is 0 Å². The summed E-state index contributed by atoms with van der Waals surface area (Å²) in [5.41, 5.74) is -0.383. The van der Waals surface area contributed by atoms with E-state index in [0.717, 1.165) is 5.06 Å². The maximum atomic E-state index is 13.0. The molecule has 130 valence electrons. The maximum absolute atomic E-state index is 13.0. The molecule has 1 aliphatic rings. The molecule has 2 atom stereocenters. The molecule has 0 spiro atoms. The number of methoxy groups -OCH3 is 1. The van der Waals surface area contributed by atoms with Gasteiger partial charge in [0.2, 0.25) is 5.71 Å². The van der Waals surface area contributed by atoms with Crippen LogP contribution >= 0.6 is 0 Å². The number of nitrogens with zero attached hydrogens (tertiary/aromatic N) is 2. The molecule has 0 aliphatic carbocycles. The number of Topliss-reactive ketones (excluding diaryl/α,β-unsaturated/α-hetero) is 1. The van der Waals surface area contributed by atoms with E-state index in [0.29, 0.717) is 27.3 Å². The first-order valence-corrected chi connectivity index (χ1v) is 7.98. The van der Waals surface area contributed by atoms with Gasteiger partial charge in [0.15, 0.2) is 0 Å². The van der Waals surface area contributed by atoms with Gasteiger partial charge in [-0.15, -0.1) is 5.06 Å². The largest absolute Gasteiger partial charge is 0.622 e. The summed E-state index contributed by atoms with van der Waals surface area (Å²) in [6.45, 7) is 3.12. The minimum Gasteiger partial charge on any atom is -0.622 e. The van der Waals surface area contributed by atoms with Gasteiger partial charge in [0, 0.05) is 18.1 Å². The molecule has 6 nitrogen and oxygen atoms in total. The molecular weight excluding hydrogens is 320 g/mol. The normalized spacial score (nSPS) is 23.8. The molecule has 0 saturated carbocycles. The molecule has 25 heavy (non-hydrogen) atoms. The van der Waals surface area contributed by atoms with Crippen molar-refractivity contribution in [2.45, 2.75) is 25.6 Å². The first-order chi connectivity index (χ1) is 11.9. The van der Waals surface area contributed by atoms with E-state index in [-0.39, 0.29) is 0 Å². The van der Waals surface area contributed by atoms with Gasteiger partial charge in [0.05, 0.1) is 7.11 Å². The van der Waals surface area contributed by atoms with Gasteiger partial charge >= 0.3 is 5.66 Å². The first-order valence-electron chi connectivity index (χ1n) is 7.98. The van der Waals surface area contributed by atoms with E-state index in [1.54, 1.807) is 43.3 Å². The summed E-state index contributed by atoms with van der Waals surface area (Å²) in [6, 6.07) is 14.9. The smallest absolute Gasteiger partial charge is 0.312 e. The second-order valence-electron chi connectivity index (χ2n) is 6.14. The lowest BCUT2D eigenvalue weighted by molar-refractivity contribution is -0.561. The lowest BCUT2D eigenvalue weighted by Crippen LogP contribution is -2.54. The fourth-order valence-electron chi connectivity index (χ4n) is 3.17. The number of carbonyl (C=O) groups is 1. The van der Waals surface area contributed by atoms with Crippen molar-refractivity contribution < 1.29 is 19.5 Å². The van der Waals surface area contributed by atoms with Crippen LogP contribution in [0.3, 0.4) is 0 Å². The molecule has 0 fully saturated rings. The lowest BCUT2D eigenvalue weighted by atomic mass is 9.99. The van der Waals surface area contributed by atoms with Crippen molar-refractivity contribution in [2.24, 2.45) is 0 Å². The maximum Gasteiger partial charge on any atom is 0.312 e.